The van der Waals surface area contributed by atoms with E-state index in [9.17, 15) is 12.8 Å². The number of benzene rings is 2. The summed E-state index contributed by atoms with van der Waals surface area (Å²) in [7, 11) is -3.62. The van der Waals surface area contributed by atoms with Crippen LogP contribution in [0.3, 0.4) is 0 Å². The van der Waals surface area contributed by atoms with Crippen LogP contribution in [0, 0.1) is 12.7 Å². The Hall–Kier alpha value is -1.24. The smallest absolute Gasteiger partial charge is 0.207 e. The lowest BCUT2D eigenvalue weighted by atomic mass is 10.1. The second-order valence-corrected chi connectivity index (χ2v) is 7.37. The molecule has 0 aliphatic carbocycles. The zero-order valence-electron chi connectivity index (χ0n) is 11.6. The lowest BCUT2D eigenvalue weighted by molar-refractivity contribution is 0.566. The Balaban J connectivity index is 2.24. The number of halogens is 2. The summed E-state index contributed by atoms with van der Waals surface area (Å²) in [5, 5.41) is 0. The number of hydrogen-bond acceptors (Lipinski definition) is 2. The van der Waals surface area contributed by atoms with Gasteiger partial charge in [-0.1, -0.05) is 28.1 Å². The van der Waals surface area contributed by atoms with Gasteiger partial charge < -0.3 is 0 Å². The second-order valence-electron chi connectivity index (χ2n) is 4.81. The minimum atomic E-state index is -3.62. The highest BCUT2D eigenvalue weighted by Gasteiger charge is 2.19. The van der Waals surface area contributed by atoms with Gasteiger partial charge in [-0.05, 0) is 55.3 Å². The predicted molar refractivity (Wildman–Crippen MR) is 84.0 cm³/mol. The molecule has 0 bridgehead atoms. The van der Waals surface area contributed by atoms with Crippen molar-refractivity contribution in [1.29, 1.82) is 0 Å². The summed E-state index contributed by atoms with van der Waals surface area (Å²) in [6.45, 7) is 3.54. The van der Waals surface area contributed by atoms with Gasteiger partial charge in [-0.25, -0.2) is 17.5 Å². The number of rotatable bonds is 4. The van der Waals surface area contributed by atoms with E-state index < -0.39 is 16.1 Å². The maximum absolute atomic E-state index is 12.9. The average molecular weight is 372 g/mol. The highest BCUT2D eigenvalue weighted by molar-refractivity contribution is 9.10. The molecule has 3 nitrogen and oxygen atoms in total. The summed E-state index contributed by atoms with van der Waals surface area (Å²) < 4.78 is 41.0. The van der Waals surface area contributed by atoms with E-state index in [1.807, 2.05) is 6.92 Å². The lowest BCUT2D eigenvalue weighted by Crippen LogP contribution is -2.27. The van der Waals surface area contributed by atoms with E-state index in [1.165, 1.54) is 18.2 Å². The molecule has 0 heterocycles. The second kappa shape index (κ2) is 6.25. The Morgan fingerprint density at radius 3 is 2.33 bits per heavy atom. The molecule has 1 N–H and O–H groups in total. The van der Waals surface area contributed by atoms with E-state index in [0.717, 1.165) is 10.0 Å². The number of sulfonamides is 1. The fraction of sp³-hybridized carbons (Fsp3) is 0.200. The molecule has 0 aliphatic heterocycles. The van der Waals surface area contributed by atoms with Crippen LogP contribution < -0.4 is 4.72 Å². The number of nitrogens with one attached hydrogen (secondary N) is 1. The summed E-state index contributed by atoms with van der Waals surface area (Å²) >= 11 is 3.34. The monoisotopic (exact) mass is 371 g/mol. The standard InChI is InChI=1S/C15H15BrFNO2S/c1-10-9-14(7-8-15(10)16)21(19,20)18-11(2)12-3-5-13(17)6-4-12/h3-9,11,18H,1-2H3/t11-/m1/s1. The van der Waals surface area contributed by atoms with Crippen molar-refractivity contribution >= 4 is 26.0 Å². The molecular weight excluding hydrogens is 357 g/mol. The minimum absolute atomic E-state index is 0.206. The molecule has 21 heavy (non-hydrogen) atoms. The summed E-state index contributed by atoms with van der Waals surface area (Å²) in [6.07, 6.45) is 0. The third kappa shape index (κ3) is 3.90. The van der Waals surface area contributed by atoms with Crippen LogP contribution in [0.25, 0.3) is 0 Å². The molecule has 0 aromatic heterocycles. The zero-order chi connectivity index (χ0) is 15.6. The van der Waals surface area contributed by atoms with Crippen molar-refractivity contribution in [2.24, 2.45) is 0 Å². The normalized spacial score (nSPS) is 13.1. The van der Waals surface area contributed by atoms with Gasteiger partial charge in [-0.2, -0.15) is 0 Å². The van der Waals surface area contributed by atoms with Gasteiger partial charge >= 0.3 is 0 Å². The van der Waals surface area contributed by atoms with Gasteiger partial charge in [0.25, 0.3) is 0 Å². The number of aryl methyl sites for hydroxylation is 1. The maximum atomic E-state index is 12.9. The van der Waals surface area contributed by atoms with Gasteiger partial charge in [0.1, 0.15) is 5.82 Å². The Bertz CT molecular complexity index is 745. The van der Waals surface area contributed by atoms with Crippen LogP contribution in [0.1, 0.15) is 24.1 Å². The molecule has 0 spiro atoms. The molecule has 0 saturated heterocycles. The molecule has 6 heteroatoms. The largest absolute Gasteiger partial charge is 0.241 e. The topological polar surface area (TPSA) is 46.2 Å². The Labute approximate surface area is 132 Å². The predicted octanol–water partition coefficient (Wildman–Crippen LogP) is 3.94. The van der Waals surface area contributed by atoms with Gasteiger partial charge in [-0.3, -0.25) is 0 Å². The SMILES string of the molecule is Cc1cc(S(=O)(=O)N[C@H](C)c2ccc(F)cc2)ccc1Br. The fourth-order valence-electron chi connectivity index (χ4n) is 1.90. The van der Waals surface area contributed by atoms with E-state index in [0.29, 0.717) is 5.56 Å². The van der Waals surface area contributed by atoms with Crippen LogP contribution in [0.2, 0.25) is 0 Å². The third-order valence-corrected chi connectivity index (χ3v) is 5.57. The highest BCUT2D eigenvalue weighted by Crippen LogP contribution is 2.22. The van der Waals surface area contributed by atoms with Gasteiger partial charge in [0.05, 0.1) is 4.90 Å². The Kier molecular flexibility index (Phi) is 4.81. The Morgan fingerprint density at radius 1 is 1.14 bits per heavy atom. The molecule has 0 amide bonds. The molecule has 112 valence electrons. The van der Waals surface area contributed by atoms with Crippen molar-refractivity contribution in [2.75, 3.05) is 0 Å². The van der Waals surface area contributed by atoms with Crippen molar-refractivity contribution < 1.29 is 12.8 Å². The summed E-state index contributed by atoms with van der Waals surface area (Å²) in [4.78, 5) is 0.206. The van der Waals surface area contributed by atoms with Crippen molar-refractivity contribution in [1.82, 2.24) is 4.72 Å². The molecule has 0 saturated carbocycles. The van der Waals surface area contributed by atoms with E-state index >= 15 is 0 Å². The lowest BCUT2D eigenvalue weighted by Gasteiger charge is -2.15. The fourth-order valence-corrected chi connectivity index (χ4v) is 3.47. The van der Waals surface area contributed by atoms with E-state index in [4.69, 9.17) is 0 Å². The first kappa shape index (κ1) is 16.1. The van der Waals surface area contributed by atoms with Crippen LogP contribution >= 0.6 is 15.9 Å². The Morgan fingerprint density at radius 2 is 1.76 bits per heavy atom. The molecule has 1 atom stereocenters. The van der Waals surface area contributed by atoms with Gasteiger partial charge in [-0.15, -0.1) is 0 Å². The van der Waals surface area contributed by atoms with E-state index in [2.05, 4.69) is 20.7 Å². The summed E-state index contributed by atoms with van der Waals surface area (Å²) in [6, 6.07) is 10.1. The van der Waals surface area contributed by atoms with Gasteiger partial charge in [0.2, 0.25) is 10.0 Å². The van der Waals surface area contributed by atoms with Crippen LogP contribution in [0.4, 0.5) is 4.39 Å². The first-order valence-corrected chi connectivity index (χ1v) is 8.61. The van der Waals surface area contributed by atoms with E-state index in [-0.39, 0.29) is 10.7 Å². The van der Waals surface area contributed by atoms with Crippen molar-refractivity contribution in [2.45, 2.75) is 24.8 Å². The summed E-state index contributed by atoms with van der Waals surface area (Å²) in [5.41, 5.74) is 1.54. The van der Waals surface area contributed by atoms with Crippen LogP contribution in [-0.2, 0) is 10.0 Å². The molecule has 0 aliphatic rings. The summed E-state index contributed by atoms with van der Waals surface area (Å²) in [5.74, 6) is -0.350. The van der Waals surface area contributed by atoms with E-state index in [1.54, 1.807) is 31.2 Å². The van der Waals surface area contributed by atoms with Crippen LogP contribution in [0.5, 0.6) is 0 Å². The quantitative estimate of drug-likeness (QED) is 0.884. The van der Waals surface area contributed by atoms with Crippen LogP contribution in [0.15, 0.2) is 51.8 Å². The zero-order valence-corrected chi connectivity index (χ0v) is 14.0. The van der Waals surface area contributed by atoms with Crippen LogP contribution in [-0.4, -0.2) is 8.42 Å². The van der Waals surface area contributed by atoms with Gasteiger partial charge in [0.15, 0.2) is 0 Å². The maximum Gasteiger partial charge on any atom is 0.241 e. The van der Waals surface area contributed by atoms with Crippen molar-refractivity contribution in [3.63, 3.8) is 0 Å². The molecule has 0 fully saturated rings. The molecule has 2 rings (SSSR count). The van der Waals surface area contributed by atoms with Crippen molar-refractivity contribution in [3.8, 4) is 0 Å². The molecule has 0 radical (unpaired) electrons. The first-order valence-electron chi connectivity index (χ1n) is 6.33. The average Bonchev–Trinajstić information content (AvgIpc) is 2.42. The first-order chi connectivity index (χ1) is 9.79. The molecule has 2 aromatic carbocycles. The van der Waals surface area contributed by atoms with Crippen molar-refractivity contribution in [3.05, 3.63) is 63.9 Å². The third-order valence-electron chi connectivity index (χ3n) is 3.14. The highest BCUT2D eigenvalue weighted by atomic mass is 79.9. The minimum Gasteiger partial charge on any atom is -0.207 e. The molecular formula is C15H15BrFNO2S. The molecule has 2 aromatic rings. The molecule has 0 unspecified atom stereocenters. The van der Waals surface area contributed by atoms with Gasteiger partial charge in [0, 0.05) is 10.5 Å². The number of hydrogen-bond donors (Lipinski definition) is 1.